The van der Waals surface area contributed by atoms with Crippen LogP contribution in [0.3, 0.4) is 0 Å². The molecule has 45 heavy (non-hydrogen) atoms. The molecule has 0 aliphatic rings. The fourth-order valence-electron chi connectivity index (χ4n) is 3.88. The molecule has 3 rings (SSSR count). The molecule has 1 aromatic carbocycles. The molecule has 2 aromatic heterocycles. The maximum absolute atomic E-state index is 13.0. The quantitative estimate of drug-likeness (QED) is 0.160. The molecule has 0 unspecified atom stereocenters. The Kier molecular flexibility index (Phi) is 12.0. The molecule has 6 N–H and O–H groups in total. The van der Waals surface area contributed by atoms with Crippen LogP contribution in [0.25, 0.3) is 11.2 Å². The highest BCUT2D eigenvalue weighted by molar-refractivity contribution is 5.97. The lowest BCUT2D eigenvalue weighted by atomic mass is 10.2. The summed E-state index contributed by atoms with van der Waals surface area (Å²) in [5.74, 6) is -2.44. The van der Waals surface area contributed by atoms with E-state index in [0.717, 1.165) is 10.5 Å². The van der Waals surface area contributed by atoms with Gasteiger partial charge >= 0.3 is 18.2 Å². The second kappa shape index (κ2) is 15.8. The maximum atomic E-state index is 13.0. The number of anilines is 2. The zero-order valence-corrected chi connectivity index (χ0v) is 25.2. The van der Waals surface area contributed by atoms with E-state index < -0.39 is 42.1 Å². The van der Waals surface area contributed by atoms with E-state index in [2.05, 4.69) is 30.9 Å². The highest BCUT2D eigenvalue weighted by atomic mass is 16.6. The molecule has 0 atom stereocenters. The van der Waals surface area contributed by atoms with Gasteiger partial charge in [0.05, 0.1) is 6.33 Å². The first-order valence-corrected chi connectivity index (χ1v) is 14.0. The summed E-state index contributed by atoms with van der Waals surface area (Å²) in [4.78, 5) is 74.2. The molecular weight excluding hydrogens is 590 g/mol. The van der Waals surface area contributed by atoms with Crippen molar-refractivity contribution < 1.29 is 38.6 Å². The molecule has 0 aliphatic heterocycles. The number of amides is 4. The molecule has 0 spiro atoms. The van der Waals surface area contributed by atoms with E-state index in [1.165, 1.54) is 10.9 Å². The van der Waals surface area contributed by atoms with Gasteiger partial charge in [0.25, 0.3) is 0 Å². The number of ether oxygens (including phenoxy) is 2. The zero-order valence-electron chi connectivity index (χ0n) is 25.2. The number of nitrogen functional groups attached to an aromatic ring is 1. The van der Waals surface area contributed by atoms with Gasteiger partial charge in [-0.2, -0.15) is 9.97 Å². The number of carboxylic acids is 1. The van der Waals surface area contributed by atoms with Crippen molar-refractivity contribution in [1.29, 1.82) is 0 Å². The minimum absolute atomic E-state index is 0.0212. The number of aliphatic carboxylic acids is 1. The largest absolute Gasteiger partial charge is 0.480 e. The van der Waals surface area contributed by atoms with E-state index in [1.807, 2.05) is 30.3 Å². The summed E-state index contributed by atoms with van der Waals surface area (Å²) in [5, 5.41) is 17.0. The summed E-state index contributed by atoms with van der Waals surface area (Å²) in [5.41, 5.74) is 6.26. The Morgan fingerprint density at radius 3 is 2.42 bits per heavy atom. The van der Waals surface area contributed by atoms with E-state index >= 15 is 0 Å². The number of hydrogen-bond acceptors (Lipinski definition) is 11. The average molecular weight is 628 g/mol. The van der Waals surface area contributed by atoms with Crippen LogP contribution in [0.1, 0.15) is 39.2 Å². The standard InChI is InChI=1S/C28H37N9O8/c1-28(2,3)45-27(43)31-12-13-36(15-21(40)41)20(39)14-37-17-32-22-23(34-25(29)35-24(22)37)33-19(38)10-7-11-30-26(42)44-16-18-8-5-4-6-9-18/h4-6,8-9,17H,7,10-16H2,1-3H3,(H,30,42)(H,31,43)(H,40,41)(H3,29,33,34,35,38). The van der Waals surface area contributed by atoms with E-state index in [1.54, 1.807) is 20.8 Å². The van der Waals surface area contributed by atoms with Crippen molar-refractivity contribution in [2.24, 2.45) is 0 Å². The van der Waals surface area contributed by atoms with Crippen LogP contribution in [0.4, 0.5) is 21.4 Å². The number of carboxylic acid groups (broad SMARTS) is 1. The highest BCUT2D eigenvalue weighted by Crippen LogP contribution is 2.20. The van der Waals surface area contributed by atoms with Crippen LogP contribution in [-0.4, -0.2) is 91.3 Å². The van der Waals surface area contributed by atoms with Crippen molar-refractivity contribution in [2.45, 2.75) is 52.4 Å². The maximum Gasteiger partial charge on any atom is 0.407 e. The van der Waals surface area contributed by atoms with Crippen LogP contribution in [0, 0.1) is 0 Å². The number of aromatic nitrogens is 4. The SMILES string of the molecule is CC(C)(C)OC(=O)NCCN(CC(=O)O)C(=O)Cn1cnc2c(NC(=O)CCCNC(=O)OCc3ccccc3)nc(N)nc21. The second-order valence-corrected chi connectivity index (χ2v) is 10.8. The first kappa shape index (κ1) is 34.0. The molecule has 17 nitrogen and oxygen atoms in total. The third-order valence-corrected chi connectivity index (χ3v) is 5.84. The Hall–Kier alpha value is -5.48. The van der Waals surface area contributed by atoms with Gasteiger partial charge in [-0.3, -0.25) is 14.4 Å². The van der Waals surface area contributed by atoms with Crippen LogP contribution < -0.4 is 21.7 Å². The number of fused-ring (bicyclic) bond motifs is 1. The molecule has 0 fully saturated rings. The third kappa shape index (κ3) is 11.6. The summed E-state index contributed by atoms with van der Waals surface area (Å²) >= 11 is 0. The van der Waals surface area contributed by atoms with Crippen molar-refractivity contribution in [1.82, 2.24) is 35.1 Å². The van der Waals surface area contributed by atoms with Gasteiger partial charge in [-0.1, -0.05) is 30.3 Å². The number of imidazole rings is 1. The topological polar surface area (TPSA) is 233 Å². The molecule has 2 heterocycles. The fraction of sp³-hybridized carbons (Fsp3) is 0.429. The summed E-state index contributed by atoms with van der Waals surface area (Å²) in [6.45, 7) is 4.29. The van der Waals surface area contributed by atoms with Crippen molar-refractivity contribution in [3.8, 4) is 0 Å². The van der Waals surface area contributed by atoms with Gasteiger partial charge in [-0.15, -0.1) is 0 Å². The van der Waals surface area contributed by atoms with Gasteiger partial charge in [-0.25, -0.2) is 14.6 Å². The smallest absolute Gasteiger partial charge is 0.407 e. The van der Waals surface area contributed by atoms with Crippen molar-refractivity contribution in [3.05, 3.63) is 42.2 Å². The summed E-state index contributed by atoms with van der Waals surface area (Å²) in [6, 6.07) is 9.20. The zero-order chi connectivity index (χ0) is 33.0. The Morgan fingerprint density at radius 2 is 1.73 bits per heavy atom. The molecule has 0 bridgehead atoms. The lowest BCUT2D eigenvalue weighted by molar-refractivity contribution is -0.144. The van der Waals surface area contributed by atoms with Gasteiger partial charge in [0.2, 0.25) is 17.8 Å². The number of alkyl carbamates (subject to hydrolysis) is 2. The number of rotatable bonds is 14. The van der Waals surface area contributed by atoms with Crippen LogP contribution in [0.2, 0.25) is 0 Å². The normalized spacial score (nSPS) is 11.0. The summed E-state index contributed by atoms with van der Waals surface area (Å²) < 4.78 is 11.6. The molecule has 17 heteroatoms. The molecule has 3 aromatic rings. The first-order valence-electron chi connectivity index (χ1n) is 14.0. The second-order valence-electron chi connectivity index (χ2n) is 10.8. The van der Waals surface area contributed by atoms with E-state index in [4.69, 9.17) is 15.2 Å². The minimum Gasteiger partial charge on any atom is -0.480 e. The first-order chi connectivity index (χ1) is 21.3. The lowest BCUT2D eigenvalue weighted by Crippen LogP contribution is -2.43. The number of nitrogens with one attached hydrogen (secondary N) is 3. The van der Waals surface area contributed by atoms with Gasteiger partial charge in [-0.05, 0) is 32.8 Å². The van der Waals surface area contributed by atoms with Crippen molar-refractivity contribution in [3.63, 3.8) is 0 Å². The summed E-state index contributed by atoms with van der Waals surface area (Å²) in [7, 11) is 0. The monoisotopic (exact) mass is 627 g/mol. The Bertz CT molecular complexity index is 1500. The van der Waals surface area contributed by atoms with E-state index in [-0.39, 0.29) is 62.1 Å². The predicted octanol–water partition coefficient (Wildman–Crippen LogP) is 1.49. The Morgan fingerprint density at radius 1 is 1.02 bits per heavy atom. The summed E-state index contributed by atoms with van der Waals surface area (Å²) in [6.07, 6.45) is 0.317. The van der Waals surface area contributed by atoms with E-state index in [0.29, 0.717) is 6.42 Å². The number of nitrogens with two attached hydrogens (primary N) is 1. The van der Waals surface area contributed by atoms with Crippen molar-refractivity contribution in [2.75, 3.05) is 37.2 Å². The molecule has 0 saturated carbocycles. The van der Waals surface area contributed by atoms with Crippen molar-refractivity contribution >= 4 is 52.9 Å². The molecule has 0 saturated heterocycles. The predicted molar refractivity (Wildman–Crippen MR) is 161 cm³/mol. The molecular formula is C28H37N9O8. The molecule has 0 aliphatic carbocycles. The Balaban J connectivity index is 1.54. The molecule has 4 amide bonds. The van der Waals surface area contributed by atoms with Gasteiger partial charge in [0.1, 0.15) is 25.3 Å². The minimum atomic E-state index is -1.24. The van der Waals surface area contributed by atoms with Crippen LogP contribution in [0.5, 0.6) is 0 Å². The third-order valence-electron chi connectivity index (χ3n) is 5.84. The van der Waals surface area contributed by atoms with Crippen LogP contribution in [0.15, 0.2) is 36.7 Å². The van der Waals surface area contributed by atoms with E-state index in [9.17, 15) is 29.1 Å². The van der Waals surface area contributed by atoms with Gasteiger partial charge in [0.15, 0.2) is 17.0 Å². The molecule has 242 valence electrons. The number of benzene rings is 1. The number of carbonyl (C=O) groups is 5. The average Bonchev–Trinajstić information content (AvgIpc) is 3.35. The van der Waals surface area contributed by atoms with Gasteiger partial charge in [0, 0.05) is 26.1 Å². The Labute approximate surface area is 258 Å². The number of hydrogen-bond donors (Lipinski definition) is 5. The molecule has 0 radical (unpaired) electrons. The highest BCUT2D eigenvalue weighted by Gasteiger charge is 2.22. The number of nitrogens with zero attached hydrogens (tertiary/aromatic N) is 5. The number of carbonyl (C=O) groups excluding carboxylic acids is 4. The fourth-order valence-corrected chi connectivity index (χ4v) is 3.88. The lowest BCUT2D eigenvalue weighted by Gasteiger charge is -2.23. The van der Waals surface area contributed by atoms with Crippen LogP contribution in [-0.2, 0) is 37.0 Å². The van der Waals surface area contributed by atoms with Gasteiger partial charge < -0.3 is 45.7 Å². The van der Waals surface area contributed by atoms with Crippen LogP contribution >= 0.6 is 0 Å².